The zero-order chi connectivity index (χ0) is 12.3. The number of terminal acetylenes is 1. The van der Waals surface area contributed by atoms with Crippen molar-refractivity contribution in [3.8, 4) is 18.1 Å². The summed E-state index contributed by atoms with van der Waals surface area (Å²) in [6, 6.07) is 3.91. The van der Waals surface area contributed by atoms with E-state index in [0.29, 0.717) is 0 Å². The SMILES string of the molecule is C#CCOc1cc(C)c(Cl)cc1C(C)(C)C. The van der Waals surface area contributed by atoms with Crippen LogP contribution in [0.2, 0.25) is 5.02 Å². The minimum atomic E-state index is -0.0126. The molecule has 16 heavy (non-hydrogen) atoms. The number of ether oxygens (including phenoxy) is 1. The van der Waals surface area contributed by atoms with Gasteiger partial charge in [-0.25, -0.2) is 0 Å². The van der Waals surface area contributed by atoms with Crippen molar-refractivity contribution in [1.29, 1.82) is 0 Å². The van der Waals surface area contributed by atoms with Crippen LogP contribution in [0.1, 0.15) is 31.9 Å². The van der Waals surface area contributed by atoms with Gasteiger partial charge < -0.3 is 4.74 Å². The van der Waals surface area contributed by atoms with Crippen LogP contribution in [0.3, 0.4) is 0 Å². The van der Waals surface area contributed by atoms with E-state index < -0.39 is 0 Å². The van der Waals surface area contributed by atoms with E-state index in [4.69, 9.17) is 22.8 Å². The fourth-order valence-corrected chi connectivity index (χ4v) is 1.64. The van der Waals surface area contributed by atoms with Crippen molar-refractivity contribution < 1.29 is 4.74 Å². The fourth-order valence-electron chi connectivity index (χ4n) is 1.48. The molecule has 0 aliphatic carbocycles. The first kappa shape index (κ1) is 12.9. The van der Waals surface area contributed by atoms with E-state index in [1.54, 1.807) is 0 Å². The molecule has 86 valence electrons. The maximum atomic E-state index is 6.13. The second-order valence-electron chi connectivity index (χ2n) is 4.84. The number of halogens is 1. The lowest BCUT2D eigenvalue weighted by Crippen LogP contribution is -2.14. The third kappa shape index (κ3) is 2.93. The molecular formula is C14H17ClO. The third-order valence-electron chi connectivity index (χ3n) is 2.38. The summed E-state index contributed by atoms with van der Waals surface area (Å²) in [6.07, 6.45) is 5.20. The molecule has 0 amide bonds. The van der Waals surface area contributed by atoms with Gasteiger partial charge in [0.25, 0.3) is 0 Å². The molecule has 0 saturated carbocycles. The van der Waals surface area contributed by atoms with Gasteiger partial charge in [0.05, 0.1) is 0 Å². The Labute approximate surface area is 103 Å². The van der Waals surface area contributed by atoms with Crippen LogP contribution in [0.15, 0.2) is 12.1 Å². The summed E-state index contributed by atoms with van der Waals surface area (Å²) >= 11 is 6.13. The quantitative estimate of drug-likeness (QED) is 0.707. The molecule has 0 unspecified atom stereocenters. The van der Waals surface area contributed by atoms with Gasteiger partial charge in [-0.1, -0.05) is 38.3 Å². The molecule has 0 aliphatic heterocycles. The average molecular weight is 237 g/mol. The maximum absolute atomic E-state index is 6.13. The number of hydrogen-bond donors (Lipinski definition) is 0. The van der Waals surface area contributed by atoms with E-state index in [1.165, 1.54) is 0 Å². The Morgan fingerprint density at radius 2 is 2.00 bits per heavy atom. The predicted octanol–water partition coefficient (Wildman–Crippen LogP) is 3.96. The lowest BCUT2D eigenvalue weighted by atomic mass is 9.86. The molecule has 1 aromatic rings. The summed E-state index contributed by atoms with van der Waals surface area (Å²) in [4.78, 5) is 0. The van der Waals surface area contributed by atoms with Crippen molar-refractivity contribution in [3.05, 3.63) is 28.3 Å². The van der Waals surface area contributed by atoms with Crippen molar-refractivity contribution >= 4 is 11.6 Å². The van der Waals surface area contributed by atoms with Crippen LogP contribution < -0.4 is 4.74 Å². The van der Waals surface area contributed by atoms with E-state index in [0.717, 1.165) is 21.9 Å². The molecule has 2 heteroatoms. The van der Waals surface area contributed by atoms with Gasteiger partial charge in [-0.15, -0.1) is 6.42 Å². The van der Waals surface area contributed by atoms with Crippen molar-refractivity contribution in [2.45, 2.75) is 33.1 Å². The molecule has 1 rings (SSSR count). The highest BCUT2D eigenvalue weighted by Gasteiger charge is 2.20. The molecule has 0 saturated heterocycles. The summed E-state index contributed by atoms with van der Waals surface area (Å²) in [5, 5.41) is 0.762. The van der Waals surface area contributed by atoms with Crippen LogP contribution in [0.25, 0.3) is 0 Å². The Morgan fingerprint density at radius 1 is 1.38 bits per heavy atom. The van der Waals surface area contributed by atoms with Crippen molar-refractivity contribution in [3.63, 3.8) is 0 Å². The topological polar surface area (TPSA) is 9.23 Å². The fraction of sp³-hybridized carbons (Fsp3) is 0.429. The van der Waals surface area contributed by atoms with E-state index in [-0.39, 0.29) is 12.0 Å². The van der Waals surface area contributed by atoms with Crippen LogP contribution in [-0.4, -0.2) is 6.61 Å². The largest absolute Gasteiger partial charge is 0.481 e. The van der Waals surface area contributed by atoms with Crippen molar-refractivity contribution in [2.24, 2.45) is 0 Å². The Hall–Kier alpha value is -1.13. The number of rotatable bonds is 2. The highest BCUT2D eigenvalue weighted by molar-refractivity contribution is 6.31. The van der Waals surface area contributed by atoms with Gasteiger partial charge in [-0.3, -0.25) is 0 Å². The summed E-state index contributed by atoms with van der Waals surface area (Å²) in [6.45, 7) is 8.60. The Morgan fingerprint density at radius 3 is 2.50 bits per heavy atom. The standard InChI is InChI=1S/C14H17ClO/c1-6-7-16-13-8-10(2)12(15)9-11(13)14(3,4)5/h1,8-9H,7H2,2-5H3. The van der Waals surface area contributed by atoms with Gasteiger partial charge in [-0.05, 0) is 30.0 Å². The average Bonchev–Trinajstić information content (AvgIpc) is 2.17. The van der Waals surface area contributed by atoms with Crippen molar-refractivity contribution in [2.75, 3.05) is 6.61 Å². The Kier molecular flexibility index (Phi) is 3.88. The van der Waals surface area contributed by atoms with Gasteiger partial charge in [0.1, 0.15) is 12.4 Å². The van der Waals surface area contributed by atoms with E-state index in [1.807, 2.05) is 19.1 Å². The smallest absolute Gasteiger partial charge is 0.148 e. The Bertz CT molecular complexity index is 422. The third-order valence-corrected chi connectivity index (χ3v) is 2.79. The van der Waals surface area contributed by atoms with Gasteiger partial charge in [0.2, 0.25) is 0 Å². The van der Waals surface area contributed by atoms with Crippen LogP contribution in [0.5, 0.6) is 5.75 Å². The normalized spacial score (nSPS) is 11.0. The van der Waals surface area contributed by atoms with E-state index >= 15 is 0 Å². The molecule has 0 aliphatic rings. The first-order valence-electron chi connectivity index (χ1n) is 5.23. The van der Waals surface area contributed by atoms with Gasteiger partial charge >= 0.3 is 0 Å². The van der Waals surface area contributed by atoms with Crippen LogP contribution in [0.4, 0.5) is 0 Å². The van der Waals surface area contributed by atoms with Crippen molar-refractivity contribution in [1.82, 2.24) is 0 Å². The van der Waals surface area contributed by atoms with Gasteiger partial charge in [0.15, 0.2) is 0 Å². The van der Waals surface area contributed by atoms with Crippen LogP contribution >= 0.6 is 11.6 Å². The number of benzene rings is 1. The molecule has 0 atom stereocenters. The molecular weight excluding hydrogens is 220 g/mol. The lowest BCUT2D eigenvalue weighted by Gasteiger charge is -2.23. The first-order valence-corrected chi connectivity index (χ1v) is 5.61. The minimum absolute atomic E-state index is 0.0126. The van der Waals surface area contributed by atoms with Crippen LogP contribution in [-0.2, 0) is 5.41 Å². The van der Waals surface area contributed by atoms with Crippen LogP contribution in [0, 0.1) is 19.3 Å². The van der Waals surface area contributed by atoms with Gasteiger partial charge in [0, 0.05) is 10.6 Å². The summed E-state index contributed by atoms with van der Waals surface area (Å²) in [7, 11) is 0. The molecule has 0 aromatic heterocycles. The zero-order valence-corrected chi connectivity index (χ0v) is 11.0. The highest BCUT2D eigenvalue weighted by atomic mass is 35.5. The molecule has 0 heterocycles. The molecule has 0 fully saturated rings. The second-order valence-corrected chi connectivity index (χ2v) is 5.25. The Balaban J connectivity index is 3.23. The monoisotopic (exact) mass is 236 g/mol. The molecule has 0 radical (unpaired) electrons. The molecule has 0 bridgehead atoms. The maximum Gasteiger partial charge on any atom is 0.148 e. The first-order chi connectivity index (χ1) is 7.36. The predicted molar refractivity (Wildman–Crippen MR) is 69.2 cm³/mol. The van der Waals surface area contributed by atoms with E-state index in [9.17, 15) is 0 Å². The number of aryl methyl sites for hydroxylation is 1. The summed E-state index contributed by atoms with van der Waals surface area (Å²) in [5.41, 5.74) is 2.07. The second kappa shape index (κ2) is 4.80. The summed E-state index contributed by atoms with van der Waals surface area (Å²) < 4.78 is 5.55. The molecule has 0 spiro atoms. The van der Waals surface area contributed by atoms with Gasteiger partial charge in [-0.2, -0.15) is 0 Å². The molecule has 0 N–H and O–H groups in total. The zero-order valence-electron chi connectivity index (χ0n) is 10.2. The highest BCUT2D eigenvalue weighted by Crippen LogP contribution is 2.35. The molecule has 1 nitrogen and oxygen atoms in total. The van der Waals surface area contributed by atoms with E-state index in [2.05, 4.69) is 26.7 Å². The minimum Gasteiger partial charge on any atom is -0.481 e. The number of hydrogen-bond acceptors (Lipinski definition) is 1. The summed E-state index contributed by atoms with van der Waals surface area (Å²) in [5.74, 6) is 3.30. The lowest BCUT2D eigenvalue weighted by molar-refractivity contribution is 0.357. The molecule has 1 aromatic carbocycles.